The Bertz CT molecular complexity index is 436. The third kappa shape index (κ3) is 8.28. The molecule has 0 aromatic heterocycles. The van der Waals surface area contributed by atoms with Gasteiger partial charge in [0, 0.05) is 0 Å². The fourth-order valence-electron chi connectivity index (χ4n) is 4.71. The standard InChI is InChI=1S/C26H44/c1-3-5-7-9-10-12-14-24-17-21-26(22-18-24)25-19-15-23(16-20-25)13-11-8-6-4-2/h17-18,21-23,25H,3-16,19-20H2,1-2H3. The first-order chi connectivity index (χ1) is 12.8. The predicted octanol–water partition coefficient (Wildman–Crippen LogP) is 8.83. The van der Waals surface area contributed by atoms with E-state index in [0.29, 0.717) is 0 Å². The third-order valence-electron chi connectivity index (χ3n) is 6.58. The summed E-state index contributed by atoms with van der Waals surface area (Å²) in [5, 5.41) is 0. The Morgan fingerprint density at radius 2 is 1.23 bits per heavy atom. The van der Waals surface area contributed by atoms with E-state index in [9.17, 15) is 0 Å². The molecular weight excluding hydrogens is 312 g/mol. The van der Waals surface area contributed by atoms with Gasteiger partial charge in [-0.3, -0.25) is 0 Å². The maximum absolute atomic E-state index is 2.44. The highest BCUT2D eigenvalue weighted by atomic mass is 14.3. The fraction of sp³-hybridized carbons (Fsp3) is 0.769. The zero-order valence-corrected chi connectivity index (χ0v) is 17.8. The quantitative estimate of drug-likeness (QED) is 0.310. The summed E-state index contributed by atoms with van der Waals surface area (Å²) >= 11 is 0. The molecule has 1 aliphatic rings. The summed E-state index contributed by atoms with van der Waals surface area (Å²) in [5.74, 6) is 1.86. The van der Waals surface area contributed by atoms with E-state index < -0.39 is 0 Å². The van der Waals surface area contributed by atoms with Crippen LogP contribution in [-0.2, 0) is 6.42 Å². The van der Waals surface area contributed by atoms with Crippen molar-refractivity contribution in [3.63, 3.8) is 0 Å². The van der Waals surface area contributed by atoms with Crippen LogP contribution in [0.3, 0.4) is 0 Å². The van der Waals surface area contributed by atoms with E-state index in [1.165, 1.54) is 103 Å². The first-order valence-corrected chi connectivity index (χ1v) is 11.9. The maximum Gasteiger partial charge on any atom is -0.0162 e. The van der Waals surface area contributed by atoms with E-state index in [2.05, 4.69) is 38.1 Å². The summed E-state index contributed by atoms with van der Waals surface area (Å²) in [7, 11) is 0. The summed E-state index contributed by atoms with van der Waals surface area (Å²) in [6, 6.07) is 9.72. The van der Waals surface area contributed by atoms with Crippen LogP contribution in [0.5, 0.6) is 0 Å². The average molecular weight is 357 g/mol. The minimum atomic E-state index is 0.838. The minimum Gasteiger partial charge on any atom is -0.0654 e. The zero-order valence-electron chi connectivity index (χ0n) is 17.8. The molecule has 1 aromatic rings. The summed E-state index contributed by atoms with van der Waals surface area (Å²) in [4.78, 5) is 0. The van der Waals surface area contributed by atoms with Crippen molar-refractivity contribution in [3.05, 3.63) is 35.4 Å². The van der Waals surface area contributed by atoms with Gasteiger partial charge in [0.1, 0.15) is 0 Å². The molecule has 1 fully saturated rings. The molecule has 0 heterocycles. The Hall–Kier alpha value is -0.780. The highest BCUT2D eigenvalue weighted by molar-refractivity contribution is 5.25. The van der Waals surface area contributed by atoms with E-state index in [1.807, 2.05) is 0 Å². The van der Waals surface area contributed by atoms with Crippen molar-refractivity contribution in [3.8, 4) is 0 Å². The first-order valence-electron chi connectivity index (χ1n) is 11.9. The molecule has 26 heavy (non-hydrogen) atoms. The van der Waals surface area contributed by atoms with Crippen LogP contribution in [0.15, 0.2) is 24.3 Å². The van der Waals surface area contributed by atoms with Crippen molar-refractivity contribution >= 4 is 0 Å². The van der Waals surface area contributed by atoms with Gasteiger partial charge in [0.15, 0.2) is 0 Å². The molecule has 0 aliphatic heterocycles. The number of aryl methyl sites for hydroxylation is 1. The molecular formula is C26H44. The summed E-state index contributed by atoms with van der Waals surface area (Å²) < 4.78 is 0. The summed E-state index contributed by atoms with van der Waals surface area (Å²) in [6.07, 6.45) is 22.7. The number of hydrogen-bond acceptors (Lipinski definition) is 0. The van der Waals surface area contributed by atoms with Gasteiger partial charge in [0.2, 0.25) is 0 Å². The van der Waals surface area contributed by atoms with Gasteiger partial charge < -0.3 is 0 Å². The Morgan fingerprint density at radius 1 is 0.654 bits per heavy atom. The second-order valence-electron chi connectivity index (χ2n) is 8.83. The van der Waals surface area contributed by atoms with Crippen molar-refractivity contribution in [1.82, 2.24) is 0 Å². The monoisotopic (exact) mass is 356 g/mol. The Morgan fingerprint density at radius 3 is 1.88 bits per heavy atom. The molecule has 0 bridgehead atoms. The Labute approximate surface area is 164 Å². The second-order valence-corrected chi connectivity index (χ2v) is 8.83. The first kappa shape index (κ1) is 21.5. The maximum atomic E-state index is 2.44. The van der Waals surface area contributed by atoms with E-state index in [-0.39, 0.29) is 0 Å². The van der Waals surface area contributed by atoms with Crippen LogP contribution in [0.4, 0.5) is 0 Å². The molecule has 0 atom stereocenters. The lowest BCUT2D eigenvalue weighted by Crippen LogP contribution is -2.13. The molecule has 0 unspecified atom stereocenters. The Kier molecular flexibility index (Phi) is 11.1. The Balaban J connectivity index is 1.62. The molecule has 0 spiro atoms. The largest absolute Gasteiger partial charge is 0.0654 e. The van der Waals surface area contributed by atoms with Crippen molar-refractivity contribution in [2.45, 2.75) is 122 Å². The highest BCUT2D eigenvalue weighted by Gasteiger charge is 2.21. The molecule has 0 N–H and O–H groups in total. The van der Waals surface area contributed by atoms with E-state index in [4.69, 9.17) is 0 Å². The molecule has 0 radical (unpaired) electrons. The van der Waals surface area contributed by atoms with Crippen LogP contribution in [0.1, 0.15) is 127 Å². The van der Waals surface area contributed by atoms with Crippen molar-refractivity contribution in [2.24, 2.45) is 5.92 Å². The molecule has 0 amide bonds. The smallest absolute Gasteiger partial charge is 0.0162 e. The summed E-state index contributed by atoms with van der Waals surface area (Å²) in [6.45, 7) is 4.60. The molecule has 2 rings (SSSR count). The zero-order chi connectivity index (χ0) is 18.5. The van der Waals surface area contributed by atoms with Gasteiger partial charge in [0.05, 0.1) is 0 Å². The highest BCUT2D eigenvalue weighted by Crippen LogP contribution is 2.37. The van der Waals surface area contributed by atoms with E-state index >= 15 is 0 Å². The lowest BCUT2D eigenvalue weighted by molar-refractivity contribution is 0.302. The van der Waals surface area contributed by atoms with Gasteiger partial charge in [-0.1, -0.05) is 102 Å². The number of rotatable bonds is 13. The normalized spacial score (nSPS) is 20.4. The van der Waals surface area contributed by atoms with Crippen LogP contribution in [0.2, 0.25) is 0 Å². The third-order valence-corrected chi connectivity index (χ3v) is 6.58. The lowest BCUT2D eigenvalue weighted by Gasteiger charge is -2.29. The predicted molar refractivity (Wildman–Crippen MR) is 117 cm³/mol. The van der Waals surface area contributed by atoms with Gasteiger partial charge in [0.25, 0.3) is 0 Å². The number of unbranched alkanes of at least 4 members (excludes halogenated alkanes) is 8. The average Bonchev–Trinajstić information content (AvgIpc) is 2.69. The van der Waals surface area contributed by atoms with E-state index in [1.54, 1.807) is 11.1 Å². The van der Waals surface area contributed by atoms with Crippen LogP contribution >= 0.6 is 0 Å². The van der Waals surface area contributed by atoms with Gasteiger partial charge in [-0.05, 0) is 61.5 Å². The molecule has 1 saturated carbocycles. The van der Waals surface area contributed by atoms with E-state index in [0.717, 1.165) is 11.8 Å². The summed E-state index contributed by atoms with van der Waals surface area (Å²) in [5.41, 5.74) is 3.16. The van der Waals surface area contributed by atoms with Gasteiger partial charge in [-0.2, -0.15) is 0 Å². The fourth-order valence-corrected chi connectivity index (χ4v) is 4.71. The van der Waals surface area contributed by atoms with Crippen LogP contribution < -0.4 is 0 Å². The van der Waals surface area contributed by atoms with Crippen molar-refractivity contribution in [1.29, 1.82) is 0 Å². The molecule has 0 heteroatoms. The van der Waals surface area contributed by atoms with Crippen LogP contribution in [-0.4, -0.2) is 0 Å². The molecule has 1 aromatic carbocycles. The van der Waals surface area contributed by atoms with Gasteiger partial charge >= 0.3 is 0 Å². The topological polar surface area (TPSA) is 0 Å². The van der Waals surface area contributed by atoms with Crippen molar-refractivity contribution < 1.29 is 0 Å². The minimum absolute atomic E-state index is 0.838. The number of benzene rings is 1. The van der Waals surface area contributed by atoms with Gasteiger partial charge in [-0.25, -0.2) is 0 Å². The molecule has 0 saturated heterocycles. The number of hydrogen-bond donors (Lipinski definition) is 0. The SMILES string of the molecule is CCCCCCCCc1ccc(C2CCC(CCCCCC)CC2)cc1. The van der Waals surface area contributed by atoms with Crippen LogP contribution in [0, 0.1) is 5.92 Å². The molecule has 148 valence electrons. The lowest BCUT2D eigenvalue weighted by atomic mass is 9.77. The van der Waals surface area contributed by atoms with Crippen molar-refractivity contribution in [2.75, 3.05) is 0 Å². The molecule has 0 nitrogen and oxygen atoms in total. The van der Waals surface area contributed by atoms with Gasteiger partial charge in [-0.15, -0.1) is 0 Å². The van der Waals surface area contributed by atoms with Crippen LogP contribution in [0.25, 0.3) is 0 Å². The molecule has 1 aliphatic carbocycles. The second kappa shape index (κ2) is 13.4.